The number of ether oxygens (including phenoxy) is 1. The van der Waals surface area contributed by atoms with Crippen molar-refractivity contribution in [3.05, 3.63) is 75.8 Å². The quantitative estimate of drug-likeness (QED) is 0.410. The number of aliphatic hydroxyl groups excluding tert-OH is 1. The number of aliphatic hydroxyl groups is 1. The Morgan fingerprint density at radius 2 is 1.75 bits per heavy atom. The number of carbonyl (C=O) groups excluding carboxylic acids is 2. The molecule has 1 atom stereocenters. The van der Waals surface area contributed by atoms with Gasteiger partial charge in [-0.15, -0.1) is 0 Å². The number of amides is 1. The van der Waals surface area contributed by atoms with Crippen molar-refractivity contribution >= 4 is 33.4 Å². The minimum Gasteiger partial charge on any atom is -0.507 e. The van der Waals surface area contributed by atoms with Crippen molar-refractivity contribution < 1.29 is 19.4 Å². The average Bonchev–Trinajstić information content (AvgIpc) is 2.93. The van der Waals surface area contributed by atoms with Crippen LogP contribution >= 0.6 is 15.9 Å². The molecule has 3 rings (SSSR count). The van der Waals surface area contributed by atoms with Gasteiger partial charge >= 0.3 is 0 Å². The molecule has 0 radical (unpaired) electrons. The lowest BCUT2D eigenvalue weighted by atomic mass is 9.95. The molecule has 5 nitrogen and oxygen atoms in total. The number of halogens is 1. The maximum atomic E-state index is 12.8. The first-order valence-corrected chi connectivity index (χ1v) is 9.90. The van der Waals surface area contributed by atoms with E-state index in [1.807, 2.05) is 44.2 Å². The van der Waals surface area contributed by atoms with E-state index in [0.717, 1.165) is 10.0 Å². The normalized spacial score (nSPS) is 18.9. The molecule has 1 unspecified atom stereocenters. The van der Waals surface area contributed by atoms with E-state index in [9.17, 15) is 14.7 Å². The van der Waals surface area contributed by atoms with Crippen molar-refractivity contribution in [2.75, 3.05) is 13.2 Å². The van der Waals surface area contributed by atoms with Crippen LogP contribution in [0, 0.1) is 0 Å². The summed E-state index contributed by atoms with van der Waals surface area (Å²) in [6.07, 6.45) is 0.0229. The van der Waals surface area contributed by atoms with E-state index in [1.165, 1.54) is 4.90 Å². The fourth-order valence-corrected chi connectivity index (χ4v) is 3.51. The van der Waals surface area contributed by atoms with Gasteiger partial charge in [0.2, 0.25) is 0 Å². The lowest BCUT2D eigenvalue weighted by molar-refractivity contribution is -0.140. The molecule has 2 aromatic carbocycles. The Morgan fingerprint density at radius 3 is 2.36 bits per heavy atom. The zero-order valence-electron chi connectivity index (χ0n) is 15.8. The number of benzene rings is 2. The molecule has 1 heterocycles. The SMILES string of the molecule is CC(C)OCCN1C(=O)C(=O)/C(=C(\O)c2ccc(Br)cc2)C1c1ccccc1. The summed E-state index contributed by atoms with van der Waals surface area (Å²) in [5.74, 6) is -1.48. The fourth-order valence-electron chi connectivity index (χ4n) is 3.24. The van der Waals surface area contributed by atoms with Crippen LogP contribution in [0.15, 0.2) is 64.6 Å². The van der Waals surface area contributed by atoms with E-state index in [-0.39, 0.29) is 24.0 Å². The highest BCUT2D eigenvalue weighted by Gasteiger charge is 2.45. The van der Waals surface area contributed by atoms with Crippen LogP contribution in [0.5, 0.6) is 0 Å². The van der Waals surface area contributed by atoms with Crippen LogP contribution < -0.4 is 0 Å². The molecule has 0 saturated carbocycles. The van der Waals surface area contributed by atoms with Gasteiger partial charge in [-0.1, -0.05) is 58.4 Å². The Bertz CT molecular complexity index is 891. The molecule has 1 N–H and O–H groups in total. The van der Waals surface area contributed by atoms with Gasteiger partial charge in [-0.2, -0.15) is 0 Å². The zero-order chi connectivity index (χ0) is 20.3. The topological polar surface area (TPSA) is 66.8 Å². The van der Waals surface area contributed by atoms with Crippen LogP contribution in [-0.2, 0) is 14.3 Å². The first-order valence-electron chi connectivity index (χ1n) is 9.11. The molecule has 1 aliphatic heterocycles. The summed E-state index contributed by atoms with van der Waals surface area (Å²) in [5.41, 5.74) is 1.36. The number of carbonyl (C=O) groups is 2. The van der Waals surface area contributed by atoms with E-state index in [2.05, 4.69) is 15.9 Å². The van der Waals surface area contributed by atoms with Crippen molar-refractivity contribution in [1.82, 2.24) is 4.90 Å². The van der Waals surface area contributed by atoms with Crippen molar-refractivity contribution in [2.24, 2.45) is 0 Å². The third-order valence-electron chi connectivity index (χ3n) is 4.56. The minimum atomic E-state index is -0.682. The van der Waals surface area contributed by atoms with E-state index in [1.54, 1.807) is 24.3 Å². The molecule has 6 heteroatoms. The Balaban J connectivity index is 2.06. The summed E-state index contributed by atoms with van der Waals surface area (Å²) >= 11 is 3.36. The van der Waals surface area contributed by atoms with Crippen LogP contribution in [0.3, 0.4) is 0 Å². The summed E-state index contributed by atoms with van der Waals surface area (Å²) in [6.45, 7) is 4.40. The molecule has 0 bridgehead atoms. The number of likely N-dealkylation sites (tertiary alicyclic amines) is 1. The van der Waals surface area contributed by atoms with Crippen LogP contribution in [0.25, 0.3) is 5.76 Å². The third kappa shape index (κ3) is 4.18. The minimum absolute atomic E-state index is 0.0229. The molecular weight excluding hydrogens is 422 g/mol. The number of rotatable bonds is 6. The highest BCUT2D eigenvalue weighted by molar-refractivity contribution is 9.10. The van der Waals surface area contributed by atoms with Crippen LogP contribution in [0.2, 0.25) is 0 Å². The molecule has 2 aromatic rings. The number of Topliss-reactive ketones (excluding diaryl/α,β-unsaturated/α-hetero) is 1. The Kier molecular flexibility index (Phi) is 6.31. The number of nitrogens with zero attached hydrogens (tertiary/aromatic N) is 1. The first kappa shape index (κ1) is 20.3. The lowest BCUT2D eigenvalue weighted by Gasteiger charge is -2.25. The van der Waals surface area contributed by atoms with E-state index < -0.39 is 17.7 Å². The van der Waals surface area contributed by atoms with Gasteiger partial charge in [0.1, 0.15) is 5.76 Å². The predicted octanol–water partition coefficient (Wildman–Crippen LogP) is 4.30. The van der Waals surface area contributed by atoms with Gasteiger partial charge < -0.3 is 14.7 Å². The van der Waals surface area contributed by atoms with Crippen LogP contribution in [0.4, 0.5) is 0 Å². The number of hydrogen-bond donors (Lipinski definition) is 1. The molecule has 1 aliphatic rings. The van der Waals surface area contributed by atoms with Crippen molar-refractivity contribution in [2.45, 2.75) is 26.0 Å². The Morgan fingerprint density at radius 1 is 1.11 bits per heavy atom. The van der Waals surface area contributed by atoms with E-state index in [4.69, 9.17) is 4.74 Å². The maximum absolute atomic E-state index is 12.8. The van der Waals surface area contributed by atoms with Gasteiger partial charge in [0, 0.05) is 16.6 Å². The first-order chi connectivity index (χ1) is 13.4. The molecule has 0 aliphatic carbocycles. The van der Waals surface area contributed by atoms with Crippen LogP contribution in [0.1, 0.15) is 31.0 Å². The highest BCUT2D eigenvalue weighted by atomic mass is 79.9. The summed E-state index contributed by atoms with van der Waals surface area (Å²) in [7, 11) is 0. The summed E-state index contributed by atoms with van der Waals surface area (Å²) < 4.78 is 6.43. The van der Waals surface area contributed by atoms with Gasteiger partial charge in [0.15, 0.2) is 0 Å². The average molecular weight is 444 g/mol. The molecular formula is C22H22BrNO4. The van der Waals surface area contributed by atoms with Gasteiger partial charge in [-0.25, -0.2) is 0 Å². The highest BCUT2D eigenvalue weighted by Crippen LogP contribution is 2.39. The lowest BCUT2D eigenvalue weighted by Crippen LogP contribution is -2.33. The molecule has 1 saturated heterocycles. The fraction of sp³-hybridized carbons (Fsp3) is 0.273. The second-order valence-electron chi connectivity index (χ2n) is 6.83. The zero-order valence-corrected chi connectivity index (χ0v) is 17.3. The van der Waals surface area contributed by atoms with E-state index in [0.29, 0.717) is 12.2 Å². The molecule has 0 spiro atoms. The summed E-state index contributed by atoms with van der Waals surface area (Å²) in [5, 5.41) is 10.9. The molecule has 28 heavy (non-hydrogen) atoms. The van der Waals surface area contributed by atoms with Gasteiger partial charge in [0.25, 0.3) is 11.7 Å². The molecule has 146 valence electrons. The molecule has 1 fully saturated rings. The second kappa shape index (κ2) is 8.71. The monoisotopic (exact) mass is 443 g/mol. The smallest absolute Gasteiger partial charge is 0.295 e. The van der Waals surface area contributed by atoms with Crippen molar-refractivity contribution in [3.8, 4) is 0 Å². The predicted molar refractivity (Wildman–Crippen MR) is 111 cm³/mol. The number of hydrogen-bond acceptors (Lipinski definition) is 4. The molecule has 1 amide bonds. The summed E-state index contributed by atoms with van der Waals surface area (Å²) in [6, 6.07) is 15.6. The van der Waals surface area contributed by atoms with Crippen LogP contribution in [-0.4, -0.2) is 41.0 Å². The number of ketones is 1. The molecule has 0 aromatic heterocycles. The third-order valence-corrected chi connectivity index (χ3v) is 5.08. The maximum Gasteiger partial charge on any atom is 0.295 e. The van der Waals surface area contributed by atoms with Gasteiger partial charge in [-0.05, 0) is 31.5 Å². The van der Waals surface area contributed by atoms with Crippen molar-refractivity contribution in [1.29, 1.82) is 0 Å². The Labute approximate surface area is 172 Å². The Hall–Kier alpha value is -2.44. The largest absolute Gasteiger partial charge is 0.507 e. The van der Waals surface area contributed by atoms with Gasteiger partial charge in [-0.3, -0.25) is 9.59 Å². The van der Waals surface area contributed by atoms with Gasteiger partial charge in [0.05, 0.1) is 24.3 Å². The standard InChI is InChI=1S/C22H22BrNO4/c1-14(2)28-13-12-24-19(15-6-4-3-5-7-15)18(21(26)22(24)27)20(25)16-8-10-17(23)11-9-16/h3-11,14,19,25H,12-13H2,1-2H3/b20-18-. The second-order valence-corrected chi connectivity index (χ2v) is 7.75. The van der Waals surface area contributed by atoms with E-state index >= 15 is 0 Å². The summed E-state index contributed by atoms with van der Waals surface area (Å²) in [4.78, 5) is 27.0. The van der Waals surface area contributed by atoms with Crippen molar-refractivity contribution in [3.63, 3.8) is 0 Å².